The number of halogens is 1. The van der Waals surface area contributed by atoms with E-state index in [0.717, 1.165) is 27.7 Å². The van der Waals surface area contributed by atoms with E-state index < -0.39 is 0 Å². The number of anilines is 2. The minimum atomic E-state index is 0.618. The van der Waals surface area contributed by atoms with Crippen molar-refractivity contribution >= 4 is 38.6 Å². The Balaban J connectivity index is 1.90. The van der Waals surface area contributed by atoms with Gasteiger partial charge in [0.05, 0.1) is 5.52 Å². The van der Waals surface area contributed by atoms with Crippen LogP contribution in [0.4, 0.5) is 11.8 Å². The van der Waals surface area contributed by atoms with Crippen molar-refractivity contribution in [1.29, 1.82) is 0 Å². The number of rotatable bonds is 4. The molecule has 0 aliphatic carbocycles. The topological polar surface area (TPSA) is 49.8 Å². The van der Waals surface area contributed by atoms with Gasteiger partial charge in [0.2, 0.25) is 5.95 Å². The van der Waals surface area contributed by atoms with Crippen molar-refractivity contribution in [1.82, 2.24) is 9.97 Å². The zero-order valence-electron chi connectivity index (χ0n) is 11.6. The quantitative estimate of drug-likeness (QED) is 0.751. The third kappa shape index (κ3) is 3.13. The molecule has 0 aliphatic heterocycles. The Hall–Kier alpha value is -2.14. The van der Waals surface area contributed by atoms with Crippen molar-refractivity contribution in [3.05, 3.63) is 58.6 Å². The molecule has 1 heterocycles. The fraction of sp³-hybridized carbons (Fsp3) is 0.125. The van der Waals surface area contributed by atoms with Gasteiger partial charge in [-0.05, 0) is 29.8 Å². The van der Waals surface area contributed by atoms with Gasteiger partial charge in [0.25, 0.3) is 0 Å². The van der Waals surface area contributed by atoms with Gasteiger partial charge in [-0.2, -0.15) is 4.98 Å². The Labute approximate surface area is 131 Å². The van der Waals surface area contributed by atoms with E-state index in [1.165, 1.54) is 5.56 Å². The van der Waals surface area contributed by atoms with Crippen molar-refractivity contribution < 1.29 is 0 Å². The second kappa shape index (κ2) is 6.10. The first-order valence-corrected chi connectivity index (χ1v) is 7.48. The van der Waals surface area contributed by atoms with Crippen molar-refractivity contribution in [2.45, 2.75) is 6.54 Å². The summed E-state index contributed by atoms with van der Waals surface area (Å²) >= 11 is 3.44. The Morgan fingerprint density at radius 3 is 2.52 bits per heavy atom. The highest BCUT2D eigenvalue weighted by Crippen LogP contribution is 2.22. The van der Waals surface area contributed by atoms with Crippen LogP contribution in [0.2, 0.25) is 0 Å². The van der Waals surface area contributed by atoms with Crippen molar-refractivity contribution in [2.24, 2.45) is 0 Å². The van der Waals surface area contributed by atoms with Crippen LogP contribution < -0.4 is 10.6 Å². The summed E-state index contributed by atoms with van der Waals surface area (Å²) in [5.74, 6) is 1.46. The van der Waals surface area contributed by atoms with Gasteiger partial charge in [0, 0.05) is 23.5 Å². The third-order valence-electron chi connectivity index (χ3n) is 3.20. The van der Waals surface area contributed by atoms with Gasteiger partial charge in [-0.15, -0.1) is 0 Å². The van der Waals surface area contributed by atoms with E-state index in [2.05, 4.69) is 48.7 Å². The summed E-state index contributed by atoms with van der Waals surface area (Å²) in [6.07, 6.45) is 0. The predicted octanol–water partition coefficient (Wildman–Crippen LogP) is 4.05. The Morgan fingerprint density at radius 2 is 1.76 bits per heavy atom. The van der Waals surface area contributed by atoms with Gasteiger partial charge in [0.1, 0.15) is 5.82 Å². The molecule has 2 N–H and O–H groups in total. The summed E-state index contributed by atoms with van der Waals surface area (Å²) in [4.78, 5) is 8.96. The lowest BCUT2D eigenvalue weighted by atomic mass is 10.2. The third-order valence-corrected chi connectivity index (χ3v) is 3.73. The number of aromatic nitrogens is 2. The lowest BCUT2D eigenvalue weighted by Gasteiger charge is -2.10. The number of nitrogens with zero attached hydrogens (tertiary/aromatic N) is 2. The second-order valence-electron chi connectivity index (χ2n) is 4.64. The van der Waals surface area contributed by atoms with Gasteiger partial charge < -0.3 is 10.6 Å². The molecule has 0 amide bonds. The molecule has 0 bridgehead atoms. The monoisotopic (exact) mass is 342 g/mol. The van der Waals surface area contributed by atoms with Gasteiger partial charge in [-0.25, -0.2) is 4.98 Å². The summed E-state index contributed by atoms with van der Waals surface area (Å²) in [6.45, 7) is 0.720. The van der Waals surface area contributed by atoms with Crippen LogP contribution in [-0.2, 0) is 6.54 Å². The molecule has 2 aromatic carbocycles. The van der Waals surface area contributed by atoms with Crippen LogP contribution in [0.15, 0.2) is 53.0 Å². The molecule has 106 valence electrons. The number of hydrogen-bond donors (Lipinski definition) is 2. The number of hydrogen-bond acceptors (Lipinski definition) is 4. The first kappa shape index (κ1) is 13.8. The zero-order valence-corrected chi connectivity index (χ0v) is 13.2. The van der Waals surface area contributed by atoms with Crippen LogP contribution in [0.25, 0.3) is 10.9 Å². The molecular formula is C16H15BrN4. The van der Waals surface area contributed by atoms with E-state index in [1.54, 1.807) is 0 Å². The SMILES string of the molecule is CNc1nc(NCc2ccc(Br)cc2)c2ccccc2n1. The second-order valence-corrected chi connectivity index (χ2v) is 5.56. The molecule has 0 saturated carbocycles. The number of para-hydroxylation sites is 1. The predicted molar refractivity (Wildman–Crippen MR) is 90.6 cm³/mol. The molecule has 0 radical (unpaired) electrons. The highest BCUT2D eigenvalue weighted by molar-refractivity contribution is 9.10. The van der Waals surface area contributed by atoms with Crippen LogP contribution in [0, 0.1) is 0 Å². The lowest BCUT2D eigenvalue weighted by molar-refractivity contribution is 1.10. The van der Waals surface area contributed by atoms with Crippen LogP contribution in [0.5, 0.6) is 0 Å². The molecule has 0 unspecified atom stereocenters. The fourth-order valence-electron chi connectivity index (χ4n) is 2.11. The molecule has 0 saturated heterocycles. The molecule has 5 heteroatoms. The van der Waals surface area contributed by atoms with E-state index in [0.29, 0.717) is 5.95 Å². The van der Waals surface area contributed by atoms with Gasteiger partial charge in [0.15, 0.2) is 0 Å². The molecule has 1 aromatic heterocycles. The van der Waals surface area contributed by atoms with Crippen molar-refractivity contribution in [3.63, 3.8) is 0 Å². The molecule has 0 fully saturated rings. The molecule has 0 spiro atoms. The van der Waals surface area contributed by atoms with E-state index >= 15 is 0 Å². The lowest BCUT2D eigenvalue weighted by Crippen LogP contribution is -2.05. The summed E-state index contributed by atoms with van der Waals surface area (Å²) in [7, 11) is 1.82. The van der Waals surface area contributed by atoms with Crippen LogP contribution in [0.1, 0.15) is 5.56 Å². The summed E-state index contributed by atoms with van der Waals surface area (Å²) in [6, 6.07) is 16.2. The number of benzene rings is 2. The molecule has 0 atom stereocenters. The van der Waals surface area contributed by atoms with E-state index in [1.807, 2.05) is 43.4 Å². The Bertz CT molecular complexity index is 756. The highest BCUT2D eigenvalue weighted by atomic mass is 79.9. The molecule has 4 nitrogen and oxygen atoms in total. The highest BCUT2D eigenvalue weighted by Gasteiger charge is 2.06. The normalized spacial score (nSPS) is 10.6. The van der Waals surface area contributed by atoms with Crippen molar-refractivity contribution in [2.75, 3.05) is 17.7 Å². The summed E-state index contributed by atoms with van der Waals surface area (Å²) < 4.78 is 1.08. The molecule has 3 aromatic rings. The Kier molecular flexibility index (Phi) is 4.01. The maximum absolute atomic E-state index is 4.51. The first-order chi connectivity index (χ1) is 10.3. The largest absolute Gasteiger partial charge is 0.365 e. The first-order valence-electron chi connectivity index (χ1n) is 6.69. The van der Waals surface area contributed by atoms with E-state index in [4.69, 9.17) is 0 Å². The molecule has 21 heavy (non-hydrogen) atoms. The minimum absolute atomic E-state index is 0.618. The van der Waals surface area contributed by atoms with Crippen LogP contribution >= 0.6 is 15.9 Å². The van der Waals surface area contributed by atoms with Gasteiger partial charge >= 0.3 is 0 Å². The standard InChI is InChI=1S/C16H15BrN4/c1-18-16-20-14-5-3-2-4-13(14)15(21-16)19-10-11-6-8-12(17)9-7-11/h2-9H,10H2,1H3,(H2,18,19,20,21). The van der Waals surface area contributed by atoms with Gasteiger partial charge in [-0.3, -0.25) is 0 Å². The fourth-order valence-corrected chi connectivity index (χ4v) is 2.38. The van der Waals surface area contributed by atoms with E-state index in [-0.39, 0.29) is 0 Å². The van der Waals surface area contributed by atoms with Crippen molar-refractivity contribution in [3.8, 4) is 0 Å². The summed E-state index contributed by atoms with van der Waals surface area (Å²) in [5.41, 5.74) is 2.13. The molecule has 3 rings (SSSR count). The molecule has 0 aliphatic rings. The number of nitrogens with one attached hydrogen (secondary N) is 2. The average Bonchev–Trinajstić information content (AvgIpc) is 2.53. The van der Waals surface area contributed by atoms with Crippen LogP contribution in [-0.4, -0.2) is 17.0 Å². The zero-order chi connectivity index (χ0) is 14.7. The Morgan fingerprint density at radius 1 is 1.00 bits per heavy atom. The summed E-state index contributed by atoms with van der Waals surface area (Å²) in [5, 5.41) is 7.41. The average molecular weight is 343 g/mol. The van der Waals surface area contributed by atoms with E-state index in [9.17, 15) is 0 Å². The van der Waals surface area contributed by atoms with Crippen LogP contribution in [0.3, 0.4) is 0 Å². The maximum Gasteiger partial charge on any atom is 0.224 e. The maximum atomic E-state index is 4.51. The molecular weight excluding hydrogens is 328 g/mol. The van der Waals surface area contributed by atoms with Gasteiger partial charge in [-0.1, -0.05) is 40.2 Å². The minimum Gasteiger partial charge on any atom is -0.365 e. The number of fused-ring (bicyclic) bond motifs is 1. The smallest absolute Gasteiger partial charge is 0.224 e.